The van der Waals surface area contributed by atoms with E-state index in [2.05, 4.69) is 17.1 Å². The average molecular weight is 342 g/mol. The standard InChI is InChI=1S/C19H20ClN3O/c20-16-4-1-15(2-5-16)3-8-19(13-23-12-11-22-14-23)24-18-9-6-17(21)7-10-18/h1-2,4-7,9-12,14,19H,3,8,13,21H2. The Morgan fingerprint density at radius 2 is 1.83 bits per heavy atom. The zero-order valence-electron chi connectivity index (χ0n) is 13.3. The SMILES string of the molecule is Nc1ccc(OC(CCc2ccc(Cl)cc2)Cn2ccnc2)cc1. The molecule has 0 saturated carbocycles. The van der Waals surface area contributed by atoms with Crippen LogP contribution < -0.4 is 10.5 Å². The molecule has 0 bridgehead atoms. The molecule has 0 radical (unpaired) electrons. The van der Waals surface area contributed by atoms with Crippen LogP contribution in [-0.2, 0) is 13.0 Å². The van der Waals surface area contributed by atoms with Gasteiger partial charge < -0.3 is 15.0 Å². The molecule has 1 aromatic heterocycles. The van der Waals surface area contributed by atoms with Crippen LogP contribution in [-0.4, -0.2) is 15.7 Å². The highest BCUT2D eigenvalue weighted by atomic mass is 35.5. The Hall–Kier alpha value is -2.46. The predicted octanol–water partition coefficient (Wildman–Crippen LogP) is 4.20. The lowest BCUT2D eigenvalue weighted by Crippen LogP contribution is -2.23. The summed E-state index contributed by atoms with van der Waals surface area (Å²) >= 11 is 5.94. The van der Waals surface area contributed by atoms with Crippen LogP contribution >= 0.6 is 11.6 Å². The molecule has 0 saturated heterocycles. The van der Waals surface area contributed by atoms with Crippen LogP contribution in [0.2, 0.25) is 5.02 Å². The maximum atomic E-state index is 6.16. The Labute approximate surface area is 146 Å². The van der Waals surface area contributed by atoms with Crippen molar-refractivity contribution in [1.29, 1.82) is 0 Å². The van der Waals surface area contributed by atoms with Gasteiger partial charge in [0, 0.05) is 23.1 Å². The number of hydrogen-bond acceptors (Lipinski definition) is 3. The van der Waals surface area contributed by atoms with E-state index in [-0.39, 0.29) is 6.10 Å². The Kier molecular flexibility index (Phi) is 5.39. The first-order valence-corrected chi connectivity index (χ1v) is 8.29. The van der Waals surface area contributed by atoms with E-state index in [4.69, 9.17) is 22.1 Å². The number of aryl methyl sites for hydroxylation is 1. The summed E-state index contributed by atoms with van der Waals surface area (Å²) in [5.74, 6) is 0.824. The number of anilines is 1. The molecule has 3 aromatic rings. The van der Waals surface area contributed by atoms with Crippen molar-refractivity contribution in [3.63, 3.8) is 0 Å². The monoisotopic (exact) mass is 341 g/mol. The number of benzene rings is 2. The van der Waals surface area contributed by atoms with Gasteiger partial charge in [0.05, 0.1) is 12.9 Å². The van der Waals surface area contributed by atoms with Crippen molar-refractivity contribution < 1.29 is 4.74 Å². The normalized spacial score (nSPS) is 12.0. The molecule has 0 amide bonds. The zero-order chi connectivity index (χ0) is 16.8. The molecule has 3 rings (SSSR count). The molecular formula is C19H20ClN3O. The molecule has 124 valence electrons. The molecule has 1 unspecified atom stereocenters. The molecule has 0 aliphatic carbocycles. The summed E-state index contributed by atoms with van der Waals surface area (Å²) in [6.07, 6.45) is 7.39. The minimum absolute atomic E-state index is 0.0403. The number of nitrogens with zero attached hydrogens (tertiary/aromatic N) is 2. The lowest BCUT2D eigenvalue weighted by Gasteiger charge is -2.20. The highest BCUT2D eigenvalue weighted by Crippen LogP contribution is 2.19. The van der Waals surface area contributed by atoms with Crippen LogP contribution in [0.1, 0.15) is 12.0 Å². The molecule has 5 heteroatoms. The largest absolute Gasteiger partial charge is 0.489 e. The second-order valence-corrected chi connectivity index (χ2v) is 6.17. The summed E-state index contributed by atoms with van der Waals surface area (Å²) in [6.45, 7) is 0.748. The minimum Gasteiger partial charge on any atom is -0.489 e. The molecule has 24 heavy (non-hydrogen) atoms. The highest BCUT2D eigenvalue weighted by molar-refractivity contribution is 6.30. The summed E-state index contributed by atoms with van der Waals surface area (Å²) in [5, 5.41) is 0.756. The third kappa shape index (κ3) is 4.77. The van der Waals surface area contributed by atoms with Crippen LogP contribution in [0.25, 0.3) is 0 Å². The molecule has 2 N–H and O–H groups in total. The van der Waals surface area contributed by atoms with Gasteiger partial charge in [-0.25, -0.2) is 4.98 Å². The topological polar surface area (TPSA) is 53.1 Å². The Morgan fingerprint density at radius 3 is 2.50 bits per heavy atom. The second kappa shape index (κ2) is 7.88. The van der Waals surface area contributed by atoms with Gasteiger partial charge in [0.25, 0.3) is 0 Å². The molecule has 1 heterocycles. The van der Waals surface area contributed by atoms with Gasteiger partial charge in [-0.1, -0.05) is 23.7 Å². The van der Waals surface area contributed by atoms with Crippen molar-refractivity contribution in [2.24, 2.45) is 0 Å². The lowest BCUT2D eigenvalue weighted by molar-refractivity contribution is 0.170. The van der Waals surface area contributed by atoms with Crippen LogP contribution in [0.15, 0.2) is 67.3 Å². The number of ether oxygens (including phenoxy) is 1. The molecule has 2 aromatic carbocycles. The van der Waals surface area contributed by atoms with Gasteiger partial charge in [-0.15, -0.1) is 0 Å². The van der Waals surface area contributed by atoms with Crippen molar-refractivity contribution in [2.75, 3.05) is 5.73 Å². The second-order valence-electron chi connectivity index (χ2n) is 5.73. The number of imidazole rings is 1. The maximum Gasteiger partial charge on any atom is 0.119 e. The summed E-state index contributed by atoms with van der Waals surface area (Å²) in [6, 6.07) is 15.5. The van der Waals surface area contributed by atoms with Crippen LogP contribution in [0.4, 0.5) is 5.69 Å². The van der Waals surface area contributed by atoms with E-state index in [1.807, 2.05) is 53.5 Å². The molecule has 1 atom stereocenters. The Bertz CT molecular complexity index is 739. The van der Waals surface area contributed by atoms with E-state index in [0.717, 1.165) is 35.8 Å². The smallest absolute Gasteiger partial charge is 0.119 e. The minimum atomic E-state index is 0.0403. The predicted molar refractivity (Wildman–Crippen MR) is 97.3 cm³/mol. The van der Waals surface area contributed by atoms with Gasteiger partial charge >= 0.3 is 0 Å². The van der Waals surface area contributed by atoms with E-state index in [1.54, 1.807) is 6.20 Å². The van der Waals surface area contributed by atoms with E-state index >= 15 is 0 Å². The van der Waals surface area contributed by atoms with Crippen LogP contribution in [0, 0.1) is 0 Å². The molecule has 4 nitrogen and oxygen atoms in total. The van der Waals surface area contributed by atoms with Gasteiger partial charge in [0.2, 0.25) is 0 Å². The summed E-state index contributed by atoms with van der Waals surface area (Å²) in [7, 11) is 0. The van der Waals surface area contributed by atoms with E-state index in [9.17, 15) is 0 Å². The number of hydrogen-bond donors (Lipinski definition) is 1. The van der Waals surface area contributed by atoms with E-state index < -0.39 is 0 Å². The van der Waals surface area contributed by atoms with Gasteiger partial charge in [-0.3, -0.25) is 0 Å². The van der Waals surface area contributed by atoms with Crippen LogP contribution in [0.3, 0.4) is 0 Å². The molecule has 0 aliphatic heterocycles. The Balaban J connectivity index is 1.66. The van der Waals surface area contributed by atoms with Crippen molar-refractivity contribution in [2.45, 2.75) is 25.5 Å². The molecular weight excluding hydrogens is 322 g/mol. The van der Waals surface area contributed by atoms with Crippen molar-refractivity contribution in [3.05, 3.63) is 77.8 Å². The third-order valence-electron chi connectivity index (χ3n) is 3.82. The zero-order valence-corrected chi connectivity index (χ0v) is 14.1. The number of nitrogen functional groups attached to an aromatic ring is 1. The quantitative estimate of drug-likeness (QED) is 0.655. The first-order chi connectivity index (χ1) is 11.7. The van der Waals surface area contributed by atoms with E-state index in [1.165, 1.54) is 5.56 Å². The number of rotatable bonds is 7. The molecule has 0 aliphatic rings. The average Bonchev–Trinajstić information content (AvgIpc) is 3.09. The molecule has 0 spiro atoms. The van der Waals surface area contributed by atoms with Crippen molar-refractivity contribution in [1.82, 2.24) is 9.55 Å². The summed E-state index contributed by atoms with van der Waals surface area (Å²) in [4.78, 5) is 4.10. The van der Waals surface area contributed by atoms with Gasteiger partial charge in [0.15, 0.2) is 0 Å². The summed E-state index contributed by atoms with van der Waals surface area (Å²) < 4.78 is 8.19. The Morgan fingerprint density at radius 1 is 1.08 bits per heavy atom. The first kappa shape index (κ1) is 16.4. The summed E-state index contributed by atoms with van der Waals surface area (Å²) in [5.41, 5.74) is 7.71. The van der Waals surface area contributed by atoms with Gasteiger partial charge in [-0.2, -0.15) is 0 Å². The highest BCUT2D eigenvalue weighted by Gasteiger charge is 2.12. The molecule has 0 fully saturated rings. The van der Waals surface area contributed by atoms with Crippen molar-refractivity contribution in [3.8, 4) is 5.75 Å². The van der Waals surface area contributed by atoms with Gasteiger partial charge in [-0.05, 0) is 54.8 Å². The third-order valence-corrected chi connectivity index (χ3v) is 4.08. The van der Waals surface area contributed by atoms with E-state index in [0.29, 0.717) is 0 Å². The number of halogens is 1. The fourth-order valence-electron chi connectivity index (χ4n) is 2.53. The fraction of sp³-hybridized carbons (Fsp3) is 0.211. The van der Waals surface area contributed by atoms with Gasteiger partial charge in [0.1, 0.15) is 11.9 Å². The fourth-order valence-corrected chi connectivity index (χ4v) is 2.66. The first-order valence-electron chi connectivity index (χ1n) is 7.91. The van der Waals surface area contributed by atoms with Crippen LogP contribution in [0.5, 0.6) is 5.75 Å². The maximum absolute atomic E-state index is 6.16. The lowest BCUT2D eigenvalue weighted by atomic mass is 10.1. The van der Waals surface area contributed by atoms with Crippen molar-refractivity contribution >= 4 is 17.3 Å². The number of aromatic nitrogens is 2. The number of nitrogens with two attached hydrogens (primary N) is 1.